The third-order valence-electron chi connectivity index (χ3n) is 4.40. The van der Waals surface area contributed by atoms with Gasteiger partial charge in [0.15, 0.2) is 0 Å². The van der Waals surface area contributed by atoms with Gasteiger partial charge in [0.05, 0.1) is 11.7 Å². The van der Waals surface area contributed by atoms with Gasteiger partial charge in [-0.3, -0.25) is 9.69 Å². The molecule has 1 heterocycles. The lowest BCUT2D eigenvalue weighted by atomic mass is 10.1. The number of rotatable bonds is 3. The van der Waals surface area contributed by atoms with Gasteiger partial charge in [-0.15, -0.1) is 0 Å². The molecule has 0 bridgehead atoms. The van der Waals surface area contributed by atoms with Crippen molar-refractivity contribution in [1.82, 2.24) is 4.90 Å². The molecule has 1 amide bonds. The number of hydrogen-bond acceptors (Lipinski definition) is 2. The Morgan fingerprint density at radius 1 is 1.13 bits per heavy atom. The number of hydrogen-bond donors (Lipinski definition) is 0. The second-order valence-electron chi connectivity index (χ2n) is 6.08. The summed E-state index contributed by atoms with van der Waals surface area (Å²) in [5.74, 6) is -0.385. The highest BCUT2D eigenvalue weighted by Gasteiger charge is 2.33. The van der Waals surface area contributed by atoms with Gasteiger partial charge in [-0.25, -0.2) is 4.39 Å². The quantitative estimate of drug-likeness (QED) is 0.867. The van der Waals surface area contributed by atoms with Gasteiger partial charge in [0.25, 0.3) is 0 Å². The fourth-order valence-corrected chi connectivity index (χ4v) is 3.02. The molecule has 23 heavy (non-hydrogen) atoms. The molecular weight excluding hydrogens is 291 g/mol. The Kier molecular flexibility index (Phi) is 4.44. The number of amides is 1. The Morgan fingerprint density at radius 3 is 2.61 bits per heavy atom. The molecule has 4 heteroatoms. The van der Waals surface area contributed by atoms with Crippen LogP contribution in [-0.2, 0) is 11.3 Å². The Bertz CT molecular complexity index is 702. The molecule has 0 N–H and O–H groups in total. The molecule has 120 valence electrons. The molecule has 1 aliphatic rings. The summed E-state index contributed by atoms with van der Waals surface area (Å²) in [6, 6.07) is 14.7. The van der Waals surface area contributed by atoms with Crippen LogP contribution in [0.15, 0.2) is 48.5 Å². The second-order valence-corrected chi connectivity index (χ2v) is 6.08. The lowest BCUT2D eigenvalue weighted by Gasteiger charge is -2.39. The standard InChI is InChI=1S/C19H21FN2O/c1-14-8-9-17(20)18(12-14)22-11-10-21(15(2)19(22)23)13-16-6-4-3-5-7-16/h3-9,12,15H,10-11,13H2,1-2H3. The van der Waals surface area contributed by atoms with Crippen LogP contribution in [0.4, 0.5) is 10.1 Å². The number of halogens is 1. The van der Waals surface area contributed by atoms with E-state index in [9.17, 15) is 9.18 Å². The largest absolute Gasteiger partial charge is 0.307 e. The molecule has 1 atom stereocenters. The van der Waals surface area contributed by atoms with Gasteiger partial charge >= 0.3 is 0 Å². The third-order valence-corrected chi connectivity index (χ3v) is 4.40. The molecule has 0 radical (unpaired) electrons. The monoisotopic (exact) mass is 312 g/mol. The SMILES string of the molecule is Cc1ccc(F)c(N2CCN(Cc3ccccc3)C(C)C2=O)c1. The number of anilines is 1. The molecular formula is C19H21FN2O. The summed E-state index contributed by atoms with van der Waals surface area (Å²) in [6.07, 6.45) is 0. The zero-order valence-electron chi connectivity index (χ0n) is 13.5. The normalized spacial score (nSPS) is 19.2. The summed E-state index contributed by atoms with van der Waals surface area (Å²) in [7, 11) is 0. The summed E-state index contributed by atoms with van der Waals surface area (Å²) < 4.78 is 14.1. The molecule has 1 unspecified atom stereocenters. The first-order valence-corrected chi connectivity index (χ1v) is 7.92. The van der Waals surface area contributed by atoms with E-state index in [1.165, 1.54) is 11.6 Å². The predicted octanol–water partition coefficient (Wildman–Crippen LogP) is 3.37. The van der Waals surface area contributed by atoms with Crippen molar-refractivity contribution in [1.29, 1.82) is 0 Å². The fraction of sp³-hybridized carbons (Fsp3) is 0.316. The van der Waals surface area contributed by atoms with Crippen molar-refractivity contribution < 1.29 is 9.18 Å². The number of benzene rings is 2. The van der Waals surface area contributed by atoms with Crippen LogP contribution in [0, 0.1) is 12.7 Å². The number of piperazine rings is 1. The first-order chi connectivity index (χ1) is 11.1. The summed E-state index contributed by atoms with van der Waals surface area (Å²) in [5.41, 5.74) is 2.53. The maximum atomic E-state index is 14.1. The zero-order chi connectivity index (χ0) is 16.4. The Hall–Kier alpha value is -2.20. The lowest BCUT2D eigenvalue weighted by Crippen LogP contribution is -2.55. The minimum Gasteiger partial charge on any atom is -0.307 e. The first-order valence-electron chi connectivity index (χ1n) is 7.92. The van der Waals surface area contributed by atoms with Gasteiger partial charge in [0.1, 0.15) is 5.82 Å². The van der Waals surface area contributed by atoms with E-state index in [0.29, 0.717) is 12.2 Å². The van der Waals surface area contributed by atoms with E-state index in [-0.39, 0.29) is 17.8 Å². The van der Waals surface area contributed by atoms with Crippen LogP contribution < -0.4 is 4.90 Å². The van der Waals surface area contributed by atoms with Gasteiger partial charge in [0.2, 0.25) is 5.91 Å². The summed E-state index contributed by atoms with van der Waals surface area (Å²) >= 11 is 0. The molecule has 1 aliphatic heterocycles. The third kappa shape index (κ3) is 3.27. The molecule has 3 rings (SSSR count). The Morgan fingerprint density at radius 2 is 1.87 bits per heavy atom. The van der Waals surface area contributed by atoms with Crippen LogP contribution >= 0.6 is 0 Å². The Labute approximate surface area is 136 Å². The van der Waals surface area contributed by atoms with Crippen LogP contribution in [0.1, 0.15) is 18.1 Å². The molecule has 1 fully saturated rings. The maximum Gasteiger partial charge on any atom is 0.244 e. The van der Waals surface area contributed by atoms with E-state index in [1.54, 1.807) is 17.0 Å². The van der Waals surface area contributed by atoms with Crippen molar-refractivity contribution in [2.24, 2.45) is 0 Å². The molecule has 2 aromatic rings. The van der Waals surface area contributed by atoms with Crippen molar-refractivity contribution in [3.05, 3.63) is 65.5 Å². The molecule has 0 saturated carbocycles. The van der Waals surface area contributed by atoms with Crippen molar-refractivity contribution in [3.8, 4) is 0 Å². The van der Waals surface area contributed by atoms with Crippen molar-refractivity contribution in [2.45, 2.75) is 26.4 Å². The van der Waals surface area contributed by atoms with Crippen molar-refractivity contribution >= 4 is 11.6 Å². The summed E-state index contributed by atoms with van der Waals surface area (Å²) in [6.45, 7) is 5.77. The smallest absolute Gasteiger partial charge is 0.244 e. The summed E-state index contributed by atoms with van der Waals surface area (Å²) in [4.78, 5) is 16.4. The van der Waals surface area contributed by atoms with Gasteiger partial charge < -0.3 is 4.90 Å². The van der Waals surface area contributed by atoms with Crippen LogP contribution in [0.3, 0.4) is 0 Å². The number of aryl methyl sites for hydroxylation is 1. The number of carbonyl (C=O) groups excluding carboxylic acids is 1. The molecule has 0 aliphatic carbocycles. The van der Waals surface area contributed by atoms with Gasteiger partial charge in [-0.2, -0.15) is 0 Å². The van der Waals surface area contributed by atoms with E-state index in [0.717, 1.165) is 18.7 Å². The van der Waals surface area contributed by atoms with E-state index in [1.807, 2.05) is 32.0 Å². The minimum atomic E-state index is -0.340. The van der Waals surface area contributed by atoms with Crippen LogP contribution in [0.25, 0.3) is 0 Å². The van der Waals surface area contributed by atoms with Crippen LogP contribution in [0.5, 0.6) is 0 Å². The number of carbonyl (C=O) groups is 1. The predicted molar refractivity (Wildman–Crippen MR) is 89.8 cm³/mol. The molecule has 0 aromatic heterocycles. The number of nitrogens with zero attached hydrogens (tertiary/aromatic N) is 2. The summed E-state index contributed by atoms with van der Waals surface area (Å²) in [5, 5.41) is 0. The van der Waals surface area contributed by atoms with E-state index >= 15 is 0 Å². The maximum absolute atomic E-state index is 14.1. The fourth-order valence-electron chi connectivity index (χ4n) is 3.02. The molecule has 3 nitrogen and oxygen atoms in total. The zero-order valence-corrected chi connectivity index (χ0v) is 13.5. The first kappa shape index (κ1) is 15.7. The molecule has 0 spiro atoms. The van der Waals surface area contributed by atoms with Crippen LogP contribution in [-0.4, -0.2) is 29.9 Å². The highest BCUT2D eigenvalue weighted by atomic mass is 19.1. The highest BCUT2D eigenvalue weighted by molar-refractivity contribution is 5.97. The minimum absolute atomic E-state index is 0.0447. The molecule has 1 saturated heterocycles. The lowest BCUT2D eigenvalue weighted by molar-refractivity contribution is -0.125. The highest BCUT2D eigenvalue weighted by Crippen LogP contribution is 2.25. The topological polar surface area (TPSA) is 23.6 Å². The van der Waals surface area contributed by atoms with E-state index in [4.69, 9.17) is 0 Å². The van der Waals surface area contributed by atoms with Crippen LogP contribution in [0.2, 0.25) is 0 Å². The van der Waals surface area contributed by atoms with Gasteiger partial charge in [-0.1, -0.05) is 36.4 Å². The van der Waals surface area contributed by atoms with Gasteiger partial charge in [-0.05, 0) is 37.1 Å². The van der Waals surface area contributed by atoms with Gasteiger partial charge in [0, 0.05) is 19.6 Å². The van der Waals surface area contributed by atoms with Crippen molar-refractivity contribution in [3.63, 3.8) is 0 Å². The van der Waals surface area contributed by atoms with E-state index < -0.39 is 0 Å². The average molecular weight is 312 g/mol. The van der Waals surface area contributed by atoms with E-state index in [2.05, 4.69) is 17.0 Å². The molecule has 2 aromatic carbocycles. The van der Waals surface area contributed by atoms with Crippen molar-refractivity contribution in [2.75, 3.05) is 18.0 Å². The Balaban J connectivity index is 1.77. The average Bonchev–Trinajstić information content (AvgIpc) is 2.56. The second kappa shape index (κ2) is 6.50.